The largest absolute Gasteiger partial charge is 0.478 e. The molecule has 124 valence electrons. The van der Waals surface area contributed by atoms with E-state index in [9.17, 15) is 4.79 Å². The van der Waals surface area contributed by atoms with Gasteiger partial charge in [-0.3, -0.25) is 4.90 Å². The molecule has 1 saturated heterocycles. The highest BCUT2D eigenvalue weighted by Crippen LogP contribution is 2.28. The number of likely N-dealkylation sites (tertiary alicyclic amines) is 1. The van der Waals surface area contributed by atoms with Crippen LogP contribution < -0.4 is 0 Å². The number of hydrogen-bond donors (Lipinski definition) is 1. The lowest BCUT2D eigenvalue weighted by atomic mass is 9.89. The third kappa shape index (κ3) is 4.33. The first kappa shape index (κ1) is 16.5. The molecule has 0 saturated carbocycles. The summed E-state index contributed by atoms with van der Waals surface area (Å²) in [4.78, 5) is 13.2. The minimum absolute atomic E-state index is 0.657. The Bertz CT molecular complexity index is 701. The smallest absolute Gasteiger partial charge is 0.328 e. The molecule has 0 bridgehead atoms. The monoisotopic (exact) mass is 321 g/mol. The number of carbonyl (C=O) groups is 1. The quantitative estimate of drug-likeness (QED) is 0.841. The van der Waals surface area contributed by atoms with Crippen LogP contribution in [0.2, 0.25) is 0 Å². The number of carboxylic acid groups (broad SMARTS) is 1. The van der Waals surface area contributed by atoms with Crippen molar-refractivity contribution in [3.8, 4) is 0 Å². The van der Waals surface area contributed by atoms with Crippen molar-refractivity contribution in [2.75, 3.05) is 13.1 Å². The second-order valence-corrected chi connectivity index (χ2v) is 6.33. The van der Waals surface area contributed by atoms with Crippen LogP contribution in [0.3, 0.4) is 0 Å². The highest BCUT2D eigenvalue weighted by atomic mass is 16.4. The maximum atomic E-state index is 10.7. The van der Waals surface area contributed by atoms with E-state index in [0.29, 0.717) is 5.92 Å². The van der Waals surface area contributed by atoms with E-state index < -0.39 is 5.97 Å². The lowest BCUT2D eigenvalue weighted by Crippen LogP contribution is -2.32. The van der Waals surface area contributed by atoms with Crippen molar-refractivity contribution in [1.29, 1.82) is 0 Å². The van der Waals surface area contributed by atoms with Gasteiger partial charge >= 0.3 is 5.97 Å². The fourth-order valence-electron chi connectivity index (χ4n) is 3.39. The number of rotatable bonds is 5. The van der Waals surface area contributed by atoms with Crippen LogP contribution in [0.5, 0.6) is 0 Å². The molecule has 0 radical (unpaired) electrons. The van der Waals surface area contributed by atoms with Crippen LogP contribution in [0.1, 0.15) is 35.4 Å². The Morgan fingerprint density at radius 1 is 1.04 bits per heavy atom. The molecule has 3 rings (SSSR count). The zero-order chi connectivity index (χ0) is 16.8. The van der Waals surface area contributed by atoms with Crippen molar-refractivity contribution < 1.29 is 9.90 Å². The van der Waals surface area contributed by atoms with Crippen LogP contribution in [0.25, 0.3) is 6.08 Å². The van der Waals surface area contributed by atoms with E-state index in [4.69, 9.17) is 5.11 Å². The van der Waals surface area contributed by atoms with Gasteiger partial charge in [0.2, 0.25) is 0 Å². The van der Waals surface area contributed by atoms with Gasteiger partial charge in [0, 0.05) is 12.6 Å². The number of piperidine rings is 1. The van der Waals surface area contributed by atoms with Gasteiger partial charge in [-0.05, 0) is 54.6 Å². The summed E-state index contributed by atoms with van der Waals surface area (Å²) in [6.45, 7) is 3.04. The maximum Gasteiger partial charge on any atom is 0.328 e. The summed E-state index contributed by atoms with van der Waals surface area (Å²) in [5.41, 5.74) is 3.63. The zero-order valence-electron chi connectivity index (χ0n) is 13.8. The molecule has 3 heteroatoms. The predicted octanol–water partition coefficient (Wildman–Crippen LogP) is 4.16. The molecule has 2 aromatic rings. The normalized spacial score (nSPS) is 16.5. The fourth-order valence-corrected chi connectivity index (χ4v) is 3.39. The molecule has 2 aromatic carbocycles. The predicted molar refractivity (Wildman–Crippen MR) is 96.8 cm³/mol. The molecule has 1 aliphatic heterocycles. The molecule has 0 amide bonds. The molecule has 0 spiro atoms. The van der Waals surface area contributed by atoms with Crippen LogP contribution in [0, 0.1) is 0 Å². The Morgan fingerprint density at radius 3 is 2.42 bits per heavy atom. The lowest BCUT2D eigenvalue weighted by molar-refractivity contribution is -0.131. The average molecular weight is 321 g/mol. The van der Waals surface area contributed by atoms with Gasteiger partial charge in [0.25, 0.3) is 0 Å². The van der Waals surface area contributed by atoms with Crippen molar-refractivity contribution >= 4 is 12.0 Å². The molecule has 1 N–H and O–H groups in total. The molecule has 24 heavy (non-hydrogen) atoms. The second kappa shape index (κ2) is 7.93. The van der Waals surface area contributed by atoms with Crippen LogP contribution in [-0.4, -0.2) is 29.1 Å². The van der Waals surface area contributed by atoms with Gasteiger partial charge in [-0.2, -0.15) is 0 Å². The van der Waals surface area contributed by atoms with E-state index in [1.54, 1.807) is 6.08 Å². The van der Waals surface area contributed by atoms with E-state index in [2.05, 4.69) is 41.3 Å². The van der Waals surface area contributed by atoms with Crippen LogP contribution in [-0.2, 0) is 11.3 Å². The van der Waals surface area contributed by atoms with Gasteiger partial charge in [-0.15, -0.1) is 0 Å². The third-order valence-electron chi connectivity index (χ3n) is 4.71. The van der Waals surface area contributed by atoms with Gasteiger partial charge in [0.15, 0.2) is 0 Å². The molecular weight excluding hydrogens is 298 g/mol. The Morgan fingerprint density at radius 2 is 1.71 bits per heavy atom. The Balaban J connectivity index is 1.61. The minimum atomic E-state index is -0.909. The van der Waals surface area contributed by atoms with E-state index >= 15 is 0 Å². The molecule has 1 fully saturated rings. The molecular formula is C21H23NO2. The fraction of sp³-hybridized carbons (Fsp3) is 0.286. The molecule has 1 aliphatic rings. The van der Waals surface area contributed by atoms with Gasteiger partial charge < -0.3 is 5.11 Å². The zero-order valence-corrected chi connectivity index (χ0v) is 13.8. The van der Waals surface area contributed by atoms with E-state index in [1.807, 2.05) is 18.2 Å². The third-order valence-corrected chi connectivity index (χ3v) is 4.71. The Labute approximate surface area is 143 Å². The van der Waals surface area contributed by atoms with Gasteiger partial charge in [0.05, 0.1) is 0 Å². The van der Waals surface area contributed by atoms with Crippen LogP contribution >= 0.6 is 0 Å². The molecule has 1 heterocycles. The summed E-state index contributed by atoms with van der Waals surface area (Å²) in [5.74, 6) is -0.252. The first-order valence-electron chi connectivity index (χ1n) is 8.48. The Hall–Kier alpha value is -2.39. The molecule has 0 unspecified atom stereocenters. The van der Waals surface area contributed by atoms with Crippen molar-refractivity contribution in [2.45, 2.75) is 25.3 Å². The molecule has 0 aliphatic carbocycles. The summed E-state index contributed by atoms with van der Waals surface area (Å²) in [6.07, 6.45) is 5.25. The highest BCUT2D eigenvalue weighted by molar-refractivity contribution is 5.85. The number of benzene rings is 2. The van der Waals surface area contributed by atoms with E-state index in [1.165, 1.54) is 30.0 Å². The van der Waals surface area contributed by atoms with Gasteiger partial charge in [-0.1, -0.05) is 54.6 Å². The lowest BCUT2D eigenvalue weighted by Gasteiger charge is -2.32. The number of aliphatic carboxylic acids is 1. The topological polar surface area (TPSA) is 40.5 Å². The highest BCUT2D eigenvalue weighted by Gasteiger charge is 2.20. The standard InChI is InChI=1S/C21H23NO2/c23-21(24)11-10-18-8-4-5-9-20(18)16-22-14-12-19(13-15-22)17-6-2-1-3-7-17/h1-11,19H,12-16H2,(H,23,24). The van der Waals surface area contributed by atoms with Crippen molar-refractivity contribution in [3.63, 3.8) is 0 Å². The van der Waals surface area contributed by atoms with Gasteiger partial charge in [-0.25, -0.2) is 4.79 Å². The summed E-state index contributed by atoms with van der Waals surface area (Å²) < 4.78 is 0. The summed E-state index contributed by atoms with van der Waals surface area (Å²) >= 11 is 0. The molecule has 0 aromatic heterocycles. The number of carboxylic acids is 1. The van der Waals surface area contributed by atoms with Crippen LogP contribution in [0.15, 0.2) is 60.7 Å². The number of nitrogens with zero attached hydrogens (tertiary/aromatic N) is 1. The first-order chi connectivity index (χ1) is 11.7. The van der Waals surface area contributed by atoms with Crippen molar-refractivity contribution in [2.24, 2.45) is 0 Å². The second-order valence-electron chi connectivity index (χ2n) is 6.33. The molecule has 3 nitrogen and oxygen atoms in total. The molecule has 0 atom stereocenters. The summed E-state index contributed by atoms with van der Waals surface area (Å²) in [7, 11) is 0. The summed E-state index contributed by atoms with van der Waals surface area (Å²) in [5, 5.41) is 8.83. The maximum absolute atomic E-state index is 10.7. The first-order valence-corrected chi connectivity index (χ1v) is 8.48. The number of hydrogen-bond acceptors (Lipinski definition) is 2. The van der Waals surface area contributed by atoms with Crippen molar-refractivity contribution in [3.05, 3.63) is 77.4 Å². The van der Waals surface area contributed by atoms with Gasteiger partial charge in [0.1, 0.15) is 0 Å². The van der Waals surface area contributed by atoms with Crippen molar-refractivity contribution in [1.82, 2.24) is 4.90 Å². The van der Waals surface area contributed by atoms with E-state index in [0.717, 1.165) is 25.2 Å². The Kier molecular flexibility index (Phi) is 5.44. The summed E-state index contributed by atoms with van der Waals surface area (Å²) in [6, 6.07) is 18.8. The van der Waals surface area contributed by atoms with E-state index in [-0.39, 0.29) is 0 Å². The average Bonchev–Trinajstić information content (AvgIpc) is 2.62. The SMILES string of the molecule is O=C(O)C=Cc1ccccc1CN1CCC(c2ccccc2)CC1. The van der Waals surface area contributed by atoms with Crippen LogP contribution in [0.4, 0.5) is 0 Å². The minimum Gasteiger partial charge on any atom is -0.478 e.